The summed E-state index contributed by atoms with van der Waals surface area (Å²) >= 11 is 1.55. The predicted molar refractivity (Wildman–Crippen MR) is 133 cm³/mol. The molecule has 8 heteroatoms. The van der Waals surface area contributed by atoms with Crippen molar-refractivity contribution in [1.82, 2.24) is 14.9 Å². The number of nitriles is 1. The summed E-state index contributed by atoms with van der Waals surface area (Å²) in [6, 6.07) is 15.7. The third-order valence-corrected chi connectivity index (χ3v) is 6.68. The number of carbonyl (C=O) groups excluding carboxylic acids is 1. The zero-order valence-corrected chi connectivity index (χ0v) is 20.4. The Morgan fingerprint density at radius 2 is 2.12 bits per heavy atom. The summed E-state index contributed by atoms with van der Waals surface area (Å²) in [5.41, 5.74) is 3.83. The van der Waals surface area contributed by atoms with E-state index in [1.807, 2.05) is 62.4 Å². The Hall–Kier alpha value is -3.67. The number of carbonyl (C=O) groups is 1. The predicted octanol–water partition coefficient (Wildman–Crippen LogP) is 5.41. The van der Waals surface area contributed by atoms with E-state index in [0.717, 1.165) is 32.2 Å². The van der Waals surface area contributed by atoms with Crippen LogP contribution in [-0.4, -0.2) is 29.2 Å². The number of benzene rings is 1. The Bertz CT molecular complexity index is 1370. The molecule has 3 aromatic heterocycles. The van der Waals surface area contributed by atoms with E-state index in [4.69, 9.17) is 9.15 Å². The van der Waals surface area contributed by atoms with Crippen molar-refractivity contribution in [2.75, 3.05) is 13.7 Å². The molecule has 0 saturated heterocycles. The zero-order chi connectivity index (χ0) is 24.2. The Balaban J connectivity index is 1.46. The third kappa shape index (κ3) is 4.81. The van der Waals surface area contributed by atoms with Crippen LogP contribution in [0.5, 0.6) is 0 Å². The standard InChI is InChI=1S/C26H26N4O3S/c1-16-11-19(18(3)30(16)17(2)15-32-4)12-20(13-27)25(31)28-14-21-9-10-23(33-21)26-29-22-7-5-6-8-24(22)34-26/h5-12,17H,14-15H2,1-4H3,(H,28,31)/b20-12+. The van der Waals surface area contributed by atoms with E-state index in [1.165, 1.54) is 0 Å². The van der Waals surface area contributed by atoms with Crippen molar-refractivity contribution in [2.45, 2.75) is 33.4 Å². The van der Waals surface area contributed by atoms with E-state index in [9.17, 15) is 10.1 Å². The van der Waals surface area contributed by atoms with Crippen molar-refractivity contribution in [2.24, 2.45) is 0 Å². The number of nitrogens with one attached hydrogen (secondary N) is 1. The summed E-state index contributed by atoms with van der Waals surface area (Å²) < 4.78 is 14.4. The fourth-order valence-corrected chi connectivity index (χ4v) is 5.00. The molecule has 1 amide bonds. The summed E-state index contributed by atoms with van der Waals surface area (Å²) in [7, 11) is 1.67. The Morgan fingerprint density at radius 1 is 1.32 bits per heavy atom. The maximum atomic E-state index is 12.7. The number of hydrogen-bond donors (Lipinski definition) is 1. The minimum Gasteiger partial charge on any atom is -0.457 e. The largest absolute Gasteiger partial charge is 0.457 e. The van der Waals surface area contributed by atoms with Crippen LogP contribution in [0.3, 0.4) is 0 Å². The summed E-state index contributed by atoms with van der Waals surface area (Å²) in [6.45, 7) is 6.80. The fraction of sp³-hybridized carbons (Fsp3) is 0.269. The maximum Gasteiger partial charge on any atom is 0.262 e. The molecule has 174 valence electrons. The highest BCUT2D eigenvalue weighted by Crippen LogP contribution is 2.31. The molecule has 0 spiro atoms. The molecule has 4 rings (SSSR count). The quantitative estimate of drug-likeness (QED) is 0.272. The minimum atomic E-state index is -0.449. The van der Waals surface area contributed by atoms with Crippen molar-refractivity contribution in [3.63, 3.8) is 0 Å². The van der Waals surface area contributed by atoms with E-state index in [-0.39, 0.29) is 18.2 Å². The Morgan fingerprint density at radius 3 is 2.85 bits per heavy atom. The first-order chi connectivity index (χ1) is 16.4. The van der Waals surface area contributed by atoms with Crippen LogP contribution in [0.25, 0.3) is 27.1 Å². The molecule has 1 unspecified atom stereocenters. The van der Waals surface area contributed by atoms with Gasteiger partial charge in [-0.1, -0.05) is 12.1 Å². The molecule has 1 N–H and O–H groups in total. The van der Waals surface area contributed by atoms with Crippen LogP contribution < -0.4 is 5.32 Å². The number of fused-ring (bicyclic) bond motifs is 1. The van der Waals surface area contributed by atoms with Crippen LogP contribution in [0.15, 0.2) is 52.5 Å². The second-order valence-electron chi connectivity index (χ2n) is 8.11. The second kappa shape index (κ2) is 10.1. The van der Waals surface area contributed by atoms with E-state index in [1.54, 1.807) is 24.5 Å². The zero-order valence-electron chi connectivity index (χ0n) is 19.6. The van der Waals surface area contributed by atoms with Crippen molar-refractivity contribution in [1.29, 1.82) is 5.26 Å². The highest BCUT2D eigenvalue weighted by atomic mass is 32.1. The molecule has 0 fully saturated rings. The topological polar surface area (TPSA) is 93.1 Å². The van der Waals surface area contributed by atoms with Gasteiger partial charge in [0.2, 0.25) is 0 Å². The van der Waals surface area contributed by atoms with Gasteiger partial charge >= 0.3 is 0 Å². The van der Waals surface area contributed by atoms with Gasteiger partial charge < -0.3 is 19.0 Å². The number of para-hydroxylation sites is 1. The molecule has 0 aliphatic carbocycles. The first-order valence-electron chi connectivity index (χ1n) is 10.9. The molecule has 34 heavy (non-hydrogen) atoms. The van der Waals surface area contributed by atoms with Crippen molar-refractivity contribution in [3.8, 4) is 16.8 Å². The molecule has 3 heterocycles. The van der Waals surface area contributed by atoms with E-state index in [2.05, 4.69) is 21.8 Å². The second-order valence-corrected chi connectivity index (χ2v) is 9.14. The van der Waals surface area contributed by atoms with Gasteiger partial charge in [-0.2, -0.15) is 5.26 Å². The summed E-state index contributed by atoms with van der Waals surface area (Å²) in [6.07, 6.45) is 1.63. The lowest BCUT2D eigenvalue weighted by molar-refractivity contribution is -0.117. The van der Waals surface area contributed by atoms with Gasteiger partial charge in [0.05, 0.1) is 29.4 Å². The highest BCUT2D eigenvalue weighted by molar-refractivity contribution is 7.21. The summed E-state index contributed by atoms with van der Waals surface area (Å²) in [5, 5.41) is 13.2. The number of aromatic nitrogens is 2. The van der Waals surface area contributed by atoms with Crippen LogP contribution in [0.4, 0.5) is 0 Å². The number of hydrogen-bond acceptors (Lipinski definition) is 6. The molecule has 0 aliphatic rings. The maximum absolute atomic E-state index is 12.7. The lowest BCUT2D eigenvalue weighted by atomic mass is 10.1. The van der Waals surface area contributed by atoms with Gasteiger partial charge in [0.1, 0.15) is 17.4 Å². The SMILES string of the molecule is COCC(C)n1c(C)cc(/C=C(\C#N)C(=O)NCc2ccc(-c3nc4ccccc4s3)o2)c1C. The number of ether oxygens (including phenoxy) is 1. The average molecular weight is 475 g/mol. The molecular formula is C26H26N4O3S. The lowest BCUT2D eigenvalue weighted by Crippen LogP contribution is -2.23. The molecule has 4 aromatic rings. The fourth-order valence-electron chi connectivity index (χ4n) is 4.07. The first kappa shape index (κ1) is 23.5. The number of furan rings is 1. The van der Waals surface area contributed by atoms with Gasteiger partial charge in [-0.15, -0.1) is 11.3 Å². The van der Waals surface area contributed by atoms with E-state index >= 15 is 0 Å². The lowest BCUT2D eigenvalue weighted by Gasteiger charge is -2.17. The van der Waals surface area contributed by atoms with E-state index in [0.29, 0.717) is 18.1 Å². The number of amides is 1. The molecule has 0 saturated carbocycles. The van der Waals surface area contributed by atoms with E-state index < -0.39 is 5.91 Å². The van der Waals surface area contributed by atoms with Crippen LogP contribution in [0, 0.1) is 25.2 Å². The number of rotatable bonds is 8. The summed E-state index contributed by atoms with van der Waals surface area (Å²) in [4.78, 5) is 17.3. The van der Waals surface area contributed by atoms with Crippen LogP contribution in [0.2, 0.25) is 0 Å². The molecule has 1 atom stereocenters. The molecule has 0 radical (unpaired) electrons. The van der Waals surface area contributed by atoms with Gasteiger partial charge in [0, 0.05) is 18.5 Å². The Kier molecular flexibility index (Phi) is 6.96. The van der Waals surface area contributed by atoms with Crippen LogP contribution in [-0.2, 0) is 16.1 Å². The van der Waals surface area contributed by atoms with Crippen LogP contribution >= 0.6 is 11.3 Å². The normalized spacial score (nSPS) is 12.6. The van der Waals surface area contributed by atoms with Gasteiger partial charge in [0.25, 0.3) is 5.91 Å². The average Bonchev–Trinajstić information content (AvgIpc) is 3.53. The van der Waals surface area contributed by atoms with Crippen molar-refractivity contribution >= 4 is 33.5 Å². The number of methoxy groups -OCH3 is 1. The van der Waals surface area contributed by atoms with Crippen molar-refractivity contribution in [3.05, 3.63) is 70.7 Å². The Labute approximate surface area is 202 Å². The number of aryl methyl sites for hydroxylation is 1. The molecule has 7 nitrogen and oxygen atoms in total. The smallest absolute Gasteiger partial charge is 0.262 e. The van der Waals surface area contributed by atoms with Gasteiger partial charge in [-0.25, -0.2) is 4.98 Å². The molecular weight excluding hydrogens is 448 g/mol. The van der Waals surface area contributed by atoms with Crippen LogP contribution in [0.1, 0.15) is 35.7 Å². The third-order valence-electron chi connectivity index (χ3n) is 5.63. The van der Waals surface area contributed by atoms with Gasteiger partial charge in [-0.05, 0) is 62.7 Å². The monoisotopic (exact) mass is 474 g/mol. The van der Waals surface area contributed by atoms with Gasteiger partial charge in [-0.3, -0.25) is 4.79 Å². The van der Waals surface area contributed by atoms with Gasteiger partial charge in [0.15, 0.2) is 10.8 Å². The highest BCUT2D eigenvalue weighted by Gasteiger charge is 2.16. The number of thiazole rings is 1. The summed E-state index contributed by atoms with van der Waals surface area (Å²) in [5.74, 6) is 0.792. The van der Waals surface area contributed by atoms with Crippen molar-refractivity contribution < 1.29 is 13.9 Å². The minimum absolute atomic E-state index is 0.0394. The molecule has 1 aromatic carbocycles. The first-order valence-corrected chi connectivity index (χ1v) is 11.7. The molecule has 0 bridgehead atoms. The number of nitrogens with zero attached hydrogens (tertiary/aromatic N) is 3. The molecule has 0 aliphatic heterocycles.